The first-order valence-corrected chi connectivity index (χ1v) is 7.08. The Labute approximate surface area is 105 Å². The quantitative estimate of drug-likeness (QED) is 0.760. The first kappa shape index (κ1) is 12.9. The van der Waals surface area contributed by atoms with E-state index in [1.807, 2.05) is 0 Å². The minimum Gasteiger partial charge on any atom is -0.375 e. The summed E-state index contributed by atoms with van der Waals surface area (Å²) in [5, 5.41) is 3.67. The highest BCUT2D eigenvalue weighted by atomic mass is 16.5. The summed E-state index contributed by atoms with van der Waals surface area (Å²) < 4.78 is 6.10. The molecule has 2 unspecified atom stereocenters. The van der Waals surface area contributed by atoms with E-state index in [2.05, 4.69) is 18.2 Å². The average Bonchev–Trinajstić information content (AvgIpc) is 2.30. The van der Waals surface area contributed by atoms with Gasteiger partial charge in [-0.3, -0.25) is 0 Å². The molecule has 2 fully saturated rings. The van der Waals surface area contributed by atoms with Crippen molar-refractivity contribution in [2.24, 2.45) is 0 Å². The van der Waals surface area contributed by atoms with Crippen molar-refractivity contribution >= 4 is 0 Å². The predicted molar refractivity (Wildman–Crippen MR) is 70.8 cm³/mol. The Kier molecular flexibility index (Phi) is 4.48. The predicted octanol–water partition coefficient (Wildman–Crippen LogP) is 2.87. The van der Waals surface area contributed by atoms with E-state index in [1.165, 1.54) is 38.5 Å². The number of ether oxygens (including phenoxy) is 1. The number of hydrogen-bond donors (Lipinski definition) is 1. The van der Waals surface area contributed by atoms with Gasteiger partial charge in [0.2, 0.25) is 0 Å². The minimum atomic E-state index is 0.198. The zero-order valence-corrected chi connectivity index (χ0v) is 11.0. The van der Waals surface area contributed by atoms with Gasteiger partial charge < -0.3 is 10.1 Å². The molecule has 0 aromatic rings. The van der Waals surface area contributed by atoms with Crippen molar-refractivity contribution in [3.05, 3.63) is 0 Å². The molecule has 96 valence electrons. The molecule has 1 saturated heterocycles. The number of hydrogen-bond acceptors (Lipinski definition) is 2. The van der Waals surface area contributed by atoms with Crippen LogP contribution < -0.4 is 5.32 Å². The van der Waals surface area contributed by atoms with E-state index in [1.54, 1.807) is 0 Å². The van der Waals surface area contributed by atoms with Gasteiger partial charge in [-0.15, -0.1) is 12.3 Å². The smallest absolute Gasteiger partial charge is 0.0697 e. The van der Waals surface area contributed by atoms with Crippen LogP contribution in [-0.2, 0) is 4.74 Å². The van der Waals surface area contributed by atoms with Gasteiger partial charge in [0, 0.05) is 25.1 Å². The maximum absolute atomic E-state index is 6.10. The van der Waals surface area contributed by atoms with E-state index >= 15 is 0 Å². The van der Waals surface area contributed by atoms with Crippen molar-refractivity contribution < 1.29 is 4.74 Å². The molecule has 0 radical (unpaired) electrons. The van der Waals surface area contributed by atoms with Crippen LogP contribution in [-0.4, -0.2) is 24.3 Å². The maximum atomic E-state index is 6.10. The summed E-state index contributed by atoms with van der Waals surface area (Å²) >= 11 is 0. The molecule has 1 aliphatic heterocycles. The van der Waals surface area contributed by atoms with E-state index in [4.69, 9.17) is 11.2 Å². The van der Waals surface area contributed by atoms with Crippen LogP contribution >= 0.6 is 0 Å². The molecule has 1 heterocycles. The van der Waals surface area contributed by atoms with Crippen LogP contribution in [0.15, 0.2) is 0 Å². The van der Waals surface area contributed by atoms with Gasteiger partial charge in [0.1, 0.15) is 0 Å². The first-order chi connectivity index (χ1) is 8.24. The van der Waals surface area contributed by atoms with Crippen molar-refractivity contribution in [1.29, 1.82) is 0 Å². The summed E-state index contributed by atoms with van der Waals surface area (Å²) in [5.41, 5.74) is 0.198. The second kappa shape index (κ2) is 5.89. The molecule has 0 bridgehead atoms. The molecule has 0 amide bonds. The van der Waals surface area contributed by atoms with E-state index in [0.29, 0.717) is 12.1 Å². The molecule has 2 nitrogen and oxygen atoms in total. The first-order valence-electron chi connectivity index (χ1n) is 7.08. The molecule has 17 heavy (non-hydrogen) atoms. The van der Waals surface area contributed by atoms with Gasteiger partial charge in [-0.2, -0.15) is 0 Å². The molecule has 1 spiro atoms. The van der Waals surface area contributed by atoms with Crippen LogP contribution in [0.3, 0.4) is 0 Å². The second-order valence-corrected chi connectivity index (χ2v) is 5.76. The second-order valence-electron chi connectivity index (χ2n) is 5.76. The highest BCUT2D eigenvalue weighted by molar-refractivity contribution is 4.94. The van der Waals surface area contributed by atoms with E-state index in [-0.39, 0.29) is 5.60 Å². The molecule has 2 atom stereocenters. The molecule has 2 aliphatic rings. The molecule has 2 rings (SSSR count). The van der Waals surface area contributed by atoms with Gasteiger partial charge in [-0.25, -0.2) is 0 Å². The van der Waals surface area contributed by atoms with Crippen molar-refractivity contribution in [3.63, 3.8) is 0 Å². The zero-order valence-electron chi connectivity index (χ0n) is 11.0. The summed E-state index contributed by atoms with van der Waals surface area (Å²) in [6.45, 7) is 3.10. The fourth-order valence-electron chi connectivity index (χ4n) is 3.35. The summed E-state index contributed by atoms with van der Waals surface area (Å²) in [6, 6.07) is 1.04. The molecule has 0 aromatic heterocycles. The SMILES string of the molecule is C#CCC(C)NC1CCOC2(CCCCC2)C1. The van der Waals surface area contributed by atoms with E-state index < -0.39 is 0 Å². The highest BCUT2D eigenvalue weighted by Crippen LogP contribution is 2.38. The molecular weight excluding hydrogens is 210 g/mol. The third-order valence-electron chi connectivity index (χ3n) is 4.20. The molecular formula is C15H25NO. The average molecular weight is 235 g/mol. The third-order valence-corrected chi connectivity index (χ3v) is 4.20. The Hall–Kier alpha value is -0.520. The van der Waals surface area contributed by atoms with Crippen LogP contribution in [0.5, 0.6) is 0 Å². The Morgan fingerprint density at radius 1 is 1.41 bits per heavy atom. The Morgan fingerprint density at radius 2 is 2.18 bits per heavy atom. The van der Waals surface area contributed by atoms with Gasteiger partial charge in [0.25, 0.3) is 0 Å². The highest BCUT2D eigenvalue weighted by Gasteiger charge is 2.38. The summed E-state index contributed by atoms with van der Waals surface area (Å²) in [7, 11) is 0. The van der Waals surface area contributed by atoms with Crippen molar-refractivity contribution in [1.82, 2.24) is 5.32 Å². The van der Waals surface area contributed by atoms with Crippen molar-refractivity contribution in [2.75, 3.05) is 6.61 Å². The summed E-state index contributed by atoms with van der Waals surface area (Å²) in [4.78, 5) is 0. The fourth-order valence-corrected chi connectivity index (χ4v) is 3.35. The van der Waals surface area contributed by atoms with Gasteiger partial charge in [-0.1, -0.05) is 19.3 Å². The summed E-state index contributed by atoms with van der Waals surface area (Å²) in [6.07, 6.45) is 15.1. The van der Waals surface area contributed by atoms with E-state index in [0.717, 1.165) is 19.4 Å². The van der Waals surface area contributed by atoms with Crippen LogP contribution in [0.2, 0.25) is 0 Å². The third kappa shape index (κ3) is 3.47. The zero-order chi connectivity index (χ0) is 12.1. The lowest BCUT2D eigenvalue weighted by Crippen LogP contribution is -2.49. The normalized spacial score (nSPS) is 29.8. The lowest BCUT2D eigenvalue weighted by Gasteiger charge is -2.44. The standard InChI is InChI=1S/C15H25NO/c1-3-7-13(2)16-14-8-11-17-15(12-14)9-5-4-6-10-15/h1,13-14,16H,4-12H2,2H3. The van der Waals surface area contributed by atoms with Crippen LogP contribution in [0, 0.1) is 12.3 Å². The van der Waals surface area contributed by atoms with Gasteiger partial charge in [-0.05, 0) is 32.6 Å². The van der Waals surface area contributed by atoms with Gasteiger partial charge in [0.05, 0.1) is 5.60 Å². The Bertz CT molecular complexity index is 270. The van der Waals surface area contributed by atoms with Crippen LogP contribution in [0.4, 0.5) is 0 Å². The maximum Gasteiger partial charge on any atom is 0.0697 e. The number of nitrogens with one attached hydrogen (secondary N) is 1. The fraction of sp³-hybridized carbons (Fsp3) is 0.867. The Morgan fingerprint density at radius 3 is 2.88 bits per heavy atom. The monoisotopic (exact) mass is 235 g/mol. The molecule has 1 saturated carbocycles. The minimum absolute atomic E-state index is 0.198. The number of terminal acetylenes is 1. The van der Waals surface area contributed by atoms with Crippen LogP contribution in [0.1, 0.15) is 58.3 Å². The number of rotatable bonds is 3. The molecule has 1 N–H and O–H groups in total. The largest absolute Gasteiger partial charge is 0.375 e. The van der Waals surface area contributed by atoms with Crippen molar-refractivity contribution in [3.8, 4) is 12.3 Å². The lowest BCUT2D eigenvalue weighted by atomic mass is 9.78. The molecule has 2 heteroatoms. The lowest BCUT2D eigenvalue weighted by molar-refractivity contribution is -0.109. The molecule has 0 aromatic carbocycles. The Balaban J connectivity index is 1.86. The summed E-state index contributed by atoms with van der Waals surface area (Å²) in [5.74, 6) is 2.73. The van der Waals surface area contributed by atoms with E-state index in [9.17, 15) is 0 Å². The molecule has 1 aliphatic carbocycles. The van der Waals surface area contributed by atoms with Crippen LogP contribution in [0.25, 0.3) is 0 Å². The topological polar surface area (TPSA) is 21.3 Å². The van der Waals surface area contributed by atoms with Gasteiger partial charge >= 0.3 is 0 Å². The van der Waals surface area contributed by atoms with Gasteiger partial charge in [0.15, 0.2) is 0 Å². The van der Waals surface area contributed by atoms with Crippen molar-refractivity contribution in [2.45, 2.75) is 76.0 Å².